The molecule has 106 valence electrons. The molecule has 0 saturated heterocycles. The Hall–Kier alpha value is -0.790. The number of alkyl halides is 3. The maximum absolute atomic E-state index is 12.0. The standard InChI is InChI=1S/C10H15F3O4S/c11-10(12,13)18(15,16)7-3-6-17-9(14)8-4-1-2-5-8/h8H,1-7H2. The fourth-order valence-electron chi connectivity index (χ4n) is 1.82. The van der Waals surface area contributed by atoms with Gasteiger partial charge >= 0.3 is 11.5 Å². The van der Waals surface area contributed by atoms with Crippen LogP contribution < -0.4 is 0 Å². The minimum atomic E-state index is -5.23. The molecule has 0 spiro atoms. The number of rotatable bonds is 5. The van der Waals surface area contributed by atoms with Crippen LogP contribution in [-0.2, 0) is 19.4 Å². The van der Waals surface area contributed by atoms with E-state index in [0.717, 1.165) is 25.7 Å². The summed E-state index contributed by atoms with van der Waals surface area (Å²) in [5.74, 6) is -1.66. The fraction of sp³-hybridized carbons (Fsp3) is 0.900. The molecule has 1 aliphatic carbocycles. The second kappa shape index (κ2) is 5.90. The SMILES string of the molecule is O=C(OCCCS(=O)(=O)C(F)(F)F)C1CCCC1. The first-order valence-corrected chi connectivity index (χ1v) is 7.35. The van der Waals surface area contributed by atoms with Gasteiger partial charge < -0.3 is 4.74 Å². The van der Waals surface area contributed by atoms with Crippen molar-refractivity contribution in [1.82, 2.24) is 0 Å². The average molecular weight is 288 g/mol. The van der Waals surface area contributed by atoms with Gasteiger partial charge in [0, 0.05) is 0 Å². The van der Waals surface area contributed by atoms with Gasteiger partial charge in [0.2, 0.25) is 9.84 Å². The zero-order valence-corrected chi connectivity index (χ0v) is 10.5. The topological polar surface area (TPSA) is 60.4 Å². The molecule has 1 aliphatic rings. The summed E-state index contributed by atoms with van der Waals surface area (Å²) in [4.78, 5) is 11.4. The third-order valence-electron chi connectivity index (χ3n) is 2.84. The minimum Gasteiger partial charge on any atom is -0.465 e. The predicted octanol–water partition coefficient (Wildman–Crippen LogP) is 2.04. The van der Waals surface area contributed by atoms with Crippen molar-refractivity contribution in [2.75, 3.05) is 12.4 Å². The van der Waals surface area contributed by atoms with Crippen molar-refractivity contribution in [1.29, 1.82) is 0 Å². The molecule has 0 unspecified atom stereocenters. The number of hydrogen-bond acceptors (Lipinski definition) is 4. The van der Waals surface area contributed by atoms with Crippen LogP contribution in [-0.4, -0.2) is 32.3 Å². The van der Waals surface area contributed by atoms with Gasteiger partial charge in [-0.05, 0) is 19.3 Å². The van der Waals surface area contributed by atoms with Crippen LogP contribution in [0.25, 0.3) is 0 Å². The number of ether oxygens (including phenoxy) is 1. The van der Waals surface area contributed by atoms with E-state index < -0.39 is 27.1 Å². The zero-order valence-electron chi connectivity index (χ0n) is 9.70. The van der Waals surface area contributed by atoms with Crippen LogP contribution >= 0.6 is 0 Å². The lowest BCUT2D eigenvalue weighted by Crippen LogP contribution is -2.27. The summed E-state index contributed by atoms with van der Waals surface area (Å²) in [6.07, 6.45) is 3.03. The average Bonchev–Trinajstić information content (AvgIpc) is 2.75. The van der Waals surface area contributed by atoms with Crippen molar-refractivity contribution in [2.45, 2.75) is 37.6 Å². The number of esters is 1. The summed E-state index contributed by atoms with van der Waals surface area (Å²) in [5.41, 5.74) is -5.23. The molecule has 0 aliphatic heterocycles. The van der Waals surface area contributed by atoms with E-state index in [-0.39, 0.29) is 18.9 Å². The van der Waals surface area contributed by atoms with Crippen molar-refractivity contribution in [2.24, 2.45) is 5.92 Å². The monoisotopic (exact) mass is 288 g/mol. The van der Waals surface area contributed by atoms with Crippen LogP contribution in [0.4, 0.5) is 13.2 Å². The Morgan fingerprint density at radius 1 is 1.22 bits per heavy atom. The van der Waals surface area contributed by atoms with E-state index >= 15 is 0 Å². The van der Waals surface area contributed by atoms with Crippen molar-refractivity contribution >= 4 is 15.8 Å². The molecule has 0 radical (unpaired) electrons. The Bertz CT molecular complexity index is 382. The summed E-state index contributed by atoms with van der Waals surface area (Å²) in [6.45, 7) is -0.287. The molecule has 8 heteroatoms. The van der Waals surface area contributed by atoms with Gasteiger partial charge in [-0.1, -0.05) is 12.8 Å². The van der Waals surface area contributed by atoms with Gasteiger partial charge in [0.15, 0.2) is 0 Å². The van der Waals surface area contributed by atoms with E-state index in [9.17, 15) is 26.4 Å². The molecule has 1 rings (SSSR count). The van der Waals surface area contributed by atoms with Crippen LogP contribution in [0, 0.1) is 5.92 Å². The summed E-state index contributed by atoms with van der Waals surface area (Å²) >= 11 is 0. The first kappa shape index (κ1) is 15.3. The summed E-state index contributed by atoms with van der Waals surface area (Å²) in [6, 6.07) is 0. The van der Waals surface area contributed by atoms with Crippen molar-refractivity contribution in [3.63, 3.8) is 0 Å². The van der Waals surface area contributed by atoms with Gasteiger partial charge in [0.1, 0.15) is 0 Å². The van der Waals surface area contributed by atoms with Gasteiger partial charge in [-0.15, -0.1) is 0 Å². The Morgan fingerprint density at radius 2 is 1.78 bits per heavy atom. The Kier molecular flexibility index (Phi) is 5.01. The first-order valence-electron chi connectivity index (χ1n) is 5.70. The Morgan fingerprint density at radius 3 is 2.28 bits per heavy atom. The fourth-order valence-corrected chi connectivity index (χ4v) is 2.55. The quantitative estimate of drug-likeness (QED) is 0.574. The number of carbonyl (C=O) groups excluding carboxylic acids is 1. The molecule has 0 heterocycles. The van der Waals surface area contributed by atoms with E-state index in [0.29, 0.717) is 0 Å². The molecule has 18 heavy (non-hydrogen) atoms. The molecular formula is C10H15F3O4S. The molecule has 0 bridgehead atoms. The number of sulfone groups is 1. The van der Waals surface area contributed by atoms with Crippen LogP contribution in [0.2, 0.25) is 0 Å². The second-order valence-corrected chi connectivity index (χ2v) is 6.37. The molecule has 0 amide bonds. The molecule has 0 N–H and O–H groups in total. The highest BCUT2D eigenvalue weighted by atomic mass is 32.2. The van der Waals surface area contributed by atoms with E-state index in [1.54, 1.807) is 0 Å². The predicted molar refractivity (Wildman–Crippen MR) is 57.4 cm³/mol. The third-order valence-corrected chi connectivity index (χ3v) is 4.37. The molecule has 0 atom stereocenters. The smallest absolute Gasteiger partial charge is 0.465 e. The van der Waals surface area contributed by atoms with Gasteiger partial charge in [-0.25, -0.2) is 8.42 Å². The minimum absolute atomic E-state index is 0.177. The van der Waals surface area contributed by atoms with Gasteiger partial charge in [-0.2, -0.15) is 13.2 Å². The van der Waals surface area contributed by atoms with Crippen molar-refractivity contribution in [3.05, 3.63) is 0 Å². The van der Waals surface area contributed by atoms with E-state index in [2.05, 4.69) is 0 Å². The van der Waals surface area contributed by atoms with Gasteiger partial charge in [0.05, 0.1) is 18.3 Å². The normalized spacial score (nSPS) is 17.9. The van der Waals surface area contributed by atoms with Crippen LogP contribution in [0.15, 0.2) is 0 Å². The first-order chi connectivity index (χ1) is 8.24. The van der Waals surface area contributed by atoms with Crippen molar-refractivity contribution in [3.8, 4) is 0 Å². The number of halogens is 3. The van der Waals surface area contributed by atoms with Gasteiger partial charge in [0.25, 0.3) is 0 Å². The highest BCUT2D eigenvalue weighted by Gasteiger charge is 2.44. The number of hydrogen-bond donors (Lipinski definition) is 0. The molecule has 4 nitrogen and oxygen atoms in total. The summed E-state index contributed by atoms with van der Waals surface area (Å²) in [5, 5.41) is 0. The molecule has 0 aromatic carbocycles. The second-order valence-electron chi connectivity index (χ2n) is 4.27. The van der Waals surface area contributed by atoms with Crippen molar-refractivity contribution < 1.29 is 31.1 Å². The summed E-state index contributed by atoms with van der Waals surface area (Å²) in [7, 11) is -5.11. The summed E-state index contributed by atoms with van der Waals surface area (Å²) < 4.78 is 62.0. The molecule has 0 aromatic rings. The molecule has 0 aromatic heterocycles. The maximum atomic E-state index is 12.0. The Labute approximate surface area is 103 Å². The molecular weight excluding hydrogens is 273 g/mol. The zero-order chi connectivity index (χ0) is 13.8. The lowest BCUT2D eigenvalue weighted by Gasteiger charge is -2.10. The highest BCUT2D eigenvalue weighted by Crippen LogP contribution is 2.26. The third kappa shape index (κ3) is 4.15. The van der Waals surface area contributed by atoms with E-state index in [4.69, 9.17) is 4.74 Å². The molecule has 1 saturated carbocycles. The lowest BCUT2D eigenvalue weighted by atomic mass is 10.1. The number of carbonyl (C=O) groups is 1. The Balaban J connectivity index is 2.25. The molecule has 1 fully saturated rings. The van der Waals surface area contributed by atoms with Crippen LogP contribution in [0.1, 0.15) is 32.1 Å². The van der Waals surface area contributed by atoms with E-state index in [1.165, 1.54) is 0 Å². The van der Waals surface area contributed by atoms with Crippen LogP contribution in [0.5, 0.6) is 0 Å². The lowest BCUT2D eigenvalue weighted by molar-refractivity contribution is -0.148. The van der Waals surface area contributed by atoms with Gasteiger partial charge in [-0.3, -0.25) is 4.79 Å². The highest BCUT2D eigenvalue weighted by molar-refractivity contribution is 7.92. The largest absolute Gasteiger partial charge is 0.497 e. The maximum Gasteiger partial charge on any atom is 0.497 e. The van der Waals surface area contributed by atoms with E-state index in [1.807, 2.05) is 0 Å². The van der Waals surface area contributed by atoms with Crippen LogP contribution in [0.3, 0.4) is 0 Å².